The molecule has 154 valence electrons. The Morgan fingerprint density at radius 2 is 1.97 bits per heavy atom. The molecule has 29 heavy (non-hydrogen) atoms. The minimum Gasteiger partial charge on any atom is -0.494 e. The highest BCUT2D eigenvalue weighted by molar-refractivity contribution is 6.30. The van der Waals surface area contributed by atoms with Gasteiger partial charge in [0.2, 0.25) is 5.91 Å². The minimum absolute atomic E-state index is 0.0198. The fraction of sp³-hybridized carbons (Fsp3) is 0.364. The predicted octanol–water partition coefficient (Wildman–Crippen LogP) is 4.52. The van der Waals surface area contributed by atoms with Gasteiger partial charge in [0.25, 0.3) is 5.91 Å². The fourth-order valence-electron chi connectivity index (χ4n) is 2.90. The second kappa shape index (κ2) is 9.65. The molecular formula is C22H25ClN2O4. The smallest absolute Gasteiger partial charge is 0.265 e. The predicted molar refractivity (Wildman–Crippen MR) is 114 cm³/mol. The second-order valence-electron chi connectivity index (χ2n) is 7.17. The molecule has 7 heteroatoms. The van der Waals surface area contributed by atoms with Crippen molar-refractivity contribution in [3.63, 3.8) is 0 Å². The first-order chi connectivity index (χ1) is 13.9. The molecule has 2 aromatic carbocycles. The fourth-order valence-corrected chi connectivity index (χ4v) is 3.03. The summed E-state index contributed by atoms with van der Waals surface area (Å²) in [6, 6.07) is 12.6. The van der Waals surface area contributed by atoms with E-state index in [4.69, 9.17) is 21.1 Å². The lowest BCUT2D eigenvalue weighted by Crippen LogP contribution is -2.39. The Balaban J connectivity index is 1.57. The number of benzene rings is 2. The number of carbonyl (C=O) groups excluding carboxylic acids is 2. The highest BCUT2D eigenvalue weighted by Gasteiger charge is 2.25. The molecule has 0 aliphatic carbocycles. The van der Waals surface area contributed by atoms with Crippen molar-refractivity contribution in [3.8, 4) is 11.5 Å². The lowest BCUT2D eigenvalue weighted by Gasteiger charge is -2.30. The molecule has 0 aromatic heterocycles. The van der Waals surface area contributed by atoms with Crippen molar-refractivity contribution in [1.82, 2.24) is 0 Å². The van der Waals surface area contributed by atoms with Gasteiger partial charge in [0.15, 0.2) is 6.61 Å². The van der Waals surface area contributed by atoms with Crippen LogP contribution in [0.3, 0.4) is 0 Å². The van der Waals surface area contributed by atoms with Crippen molar-refractivity contribution >= 4 is 34.8 Å². The van der Waals surface area contributed by atoms with Gasteiger partial charge in [-0.25, -0.2) is 0 Å². The number of halogens is 1. The molecule has 1 N–H and O–H groups in total. The zero-order valence-corrected chi connectivity index (χ0v) is 17.4. The number of carbonyl (C=O) groups is 2. The molecule has 2 amide bonds. The molecule has 0 atom stereocenters. The Morgan fingerprint density at radius 3 is 2.69 bits per heavy atom. The standard InChI is InChI=1S/C22H25ClN2O4/c1-15(2)22(27)24-17-7-10-20-19(13-17)25(21(26)14-29-20)11-3-4-12-28-18-8-5-16(23)6-9-18/h5-10,13,15H,3-4,11-12,14H2,1-2H3,(H,24,27). The van der Waals surface area contributed by atoms with E-state index in [1.807, 2.05) is 26.0 Å². The first-order valence-electron chi connectivity index (χ1n) is 9.70. The molecule has 0 saturated carbocycles. The topological polar surface area (TPSA) is 67.9 Å². The normalized spacial score (nSPS) is 13.1. The van der Waals surface area contributed by atoms with Crippen LogP contribution in [-0.2, 0) is 9.59 Å². The van der Waals surface area contributed by atoms with Crippen LogP contribution in [0, 0.1) is 5.92 Å². The third-order valence-electron chi connectivity index (χ3n) is 4.55. The summed E-state index contributed by atoms with van der Waals surface area (Å²) >= 11 is 5.86. The highest BCUT2D eigenvalue weighted by atomic mass is 35.5. The zero-order valence-electron chi connectivity index (χ0n) is 16.6. The van der Waals surface area contributed by atoms with E-state index in [0.717, 1.165) is 18.6 Å². The summed E-state index contributed by atoms with van der Waals surface area (Å²) in [5.74, 6) is 1.13. The molecule has 1 aliphatic rings. The van der Waals surface area contributed by atoms with E-state index >= 15 is 0 Å². The molecule has 1 heterocycles. The van der Waals surface area contributed by atoms with Crippen LogP contribution in [0.25, 0.3) is 0 Å². The molecule has 0 fully saturated rings. The number of unbranched alkanes of at least 4 members (excludes halogenated alkanes) is 1. The van der Waals surface area contributed by atoms with Crippen LogP contribution in [0.1, 0.15) is 26.7 Å². The molecule has 0 spiro atoms. The van der Waals surface area contributed by atoms with Gasteiger partial charge in [-0.1, -0.05) is 25.4 Å². The Bertz CT molecular complexity index is 868. The van der Waals surface area contributed by atoms with E-state index in [0.29, 0.717) is 35.3 Å². The Kier molecular flexibility index (Phi) is 6.99. The van der Waals surface area contributed by atoms with E-state index in [1.165, 1.54) is 0 Å². The molecular weight excluding hydrogens is 392 g/mol. The maximum atomic E-state index is 12.4. The van der Waals surface area contributed by atoms with Crippen LogP contribution in [0.15, 0.2) is 42.5 Å². The largest absolute Gasteiger partial charge is 0.494 e. The van der Waals surface area contributed by atoms with Crippen molar-refractivity contribution < 1.29 is 19.1 Å². The third kappa shape index (κ3) is 5.64. The Hall–Kier alpha value is -2.73. The number of amides is 2. The summed E-state index contributed by atoms with van der Waals surface area (Å²) in [5, 5.41) is 3.54. The van der Waals surface area contributed by atoms with Gasteiger partial charge in [0.05, 0.1) is 12.3 Å². The van der Waals surface area contributed by atoms with Crippen molar-refractivity contribution in [2.24, 2.45) is 5.92 Å². The maximum Gasteiger partial charge on any atom is 0.265 e. The number of fused-ring (bicyclic) bond motifs is 1. The average molecular weight is 417 g/mol. The second-order valence-corrected chi connectivity index (χ2v) is 7.61. The third-order valence-corrected chi connectivity index (χ3v) is 4.80. The number of nitrogens with zero attached hydrogens (tertiary/aromatic N) is 1. The Labute approximate surface area is 175 Å². The lowest BCUT2D eigenvalue weighted by atomic mass is 10.1. The molecule has 0 saturated heterocycles. The summed E-state index contributed by atoms with van der Waals surface area (Å²) in [6.07, 6.45) is 1.58. The van der Waals surface area contributed by atoms with Crippen molar-refractivity contribution in [2.45, 2.75) is 26.7 Å². The van der Waals surface area contributed by atoms with Gasteiger partial charge in [0, 0.05) is 23.2 Å². The van der Waals surface area contributed by atoms with Crippen LogP contribution in [0.4, 0.5) is 11.4 Å². The number of hydrogen-bond donors (Lipinski definition) is 1. The van der Waals surface area contributed by atoms with Gasteiger partial charge in [-0.3, -0.25) is 9.59 Å². The summed E-state index contributed by atoms with van der Waals surface area (Å²) < 4.78 is 11.2. The van der Waals surface area contributed by atoms with Gasteiger partial charge in [0.1, 0.15) is 11.5 Å². The van der Waals surface area contributed by atoms with Gasteiger partial charge >= 0.3 is 0 Å². The van der Waals surface area contributed by atoms with Gasteiger partial charge in [-0.15, -0.1) is 0 Å². The first kappa shape index (κ1) is 21.0. The monoisotopic (exact) mass is 416 g/mol. The number of ether oxygens (including phenoxy) is 2. The van der Waals surface area contributed by atoms with Crippen molar-refractivity contribution in [3.05, 3.63) is 47.5 Å². The van der Waals surface area contributed by atoms with Gasteiger partial charge in [-0.2, -0.15) is 0 Å². The number of anilines is 2. The minimum atomic E-state index is -0.124. The number of nitrogens with one attached hydrogen (secondary N) is 1. The van der Waals surface area contributed by atoms with Crippen LogP contribution >= 0.6 is 11.6 Å². The Morgan fingerprint density at radius 1 is 1.21 bits per heavy atom. The van der Waals surface area contributed by atoms with Crippen LogP contribution in [0.2, 0.25) is 5.02 Å². The van der Waals surface area contributed by atoms with E-state index in [1.54, 1.807) is 35.2 Å². The van der Waals surface area contributed by atoms with Gasteiger partial charge < -0.3 is 19.7 Å². The van der Waals surface area contributed by atoms with E-state index < -0.39 is 0 Å². The molecule has 2 aromatic rings. The zero-order chi connectivity index (χ0) is 20.8. The SMILES string of the molecule is CC(C)C(=O)Nc1ccc2c(c1)N(CCCCOc1ccc(Cl)cc1)C(=O)CO2. The van der Waals surface area contributed by atoms with Crippen molar-refractivity contribution in [2.75, 3.05) is 30.0 Å². The summed E-state index contributed by atoms with van der Waals surface area (Å²) in [7, 11) is 0. The van der Waals surface area contributed by atoms with E-state index in [-0.39, 0.29) is 24.3 Å². The lowest BCUT2D eigenvalue weighted by molar-refractivity contribution is -0.121. The number of hydrogen-bond acceptors (Lipinski definition) is 4. The molecule has 1 aliphatic heterocycles. The number of rotatable bonds is 8. The molecule has 3 rings (SSSR count). The highest BCUT2D eigenvalue weighted by Crippen LogP contribution is 2.35. The summed E-state index contributed by atoms with van der Waals surface area (Å²) in [5.41, 5.74) is 1.33. The van der Waals surface area contributed by atoms with E-state index in [9.17, 15) is 9.59 Å². The molecule has 6 nitrogen and oxygen atoms in total. The molecule has 0 radical (unpaired) electrons. The van der Waals surface area contributed by atoms with Crippen LogP contribution in [-0.4, -0.2) is 31.6 Å². The van der Waals surface area contributed by atoms with E-state index in [2.05, 4.69) is 5.32 Å². The maximum absolute atomic E-state index is 12.4. The summed E-state index contributed by atoms with van der Waals surface area (Å²) in [4.78, 5) is 26.1. The summed E-state index contributed by atoms with van der Waals surface area (Å²) in [6.45, 7) is 4.79. The van der Waals surface area contributed by atoms with Crippen LogP contribution < -0.4 is 19.7 Å². The van der Waals surface area contributed by atoms with Crippen LogP contribution in [0.5, 0.6) is 11.5 Å². The van der Waals surface area contributed by atoms with Gasteiger partial charge in [-0.05, 0) is 55.3 Å². The first-order valence-corrected chi connectivity index (χ1v) is 10.1. The molecule has 0 bridgehead atoms. The molecule has 0 unspecified atom stereocenters. The quantitative estimate of drug-likeness (QED) is 0.642. The average Bonchev–Trinajstić information content (AvgIpc) is 2.70. The van der Waals surface area contributed by atoms with Crippen molar-refractivity contribution in [1.29, 1.82) is 0 Å².